The lowest BCUT2D eigenvalue weighted by atomic mass is 10.3. The summed E-state index contributed by atoms with van der Waals surface area (Å²) in [6.07, 6.45) is 4.19. The van der Waals surface area contributed by atoms with E-state index in [0.29, 0.717) is 17.9 Å². The third-order valence-corrected chi connectivity index (χ3v) is 3.67. The number of aromatic nitrogens is 2. The van der Waals surface area contributed by atoms with Crippen LogP contribution in [0.25, 0.3) is 5.65 Å². The Hall–Kier alpha value is -1.95. The number of fused-ring (bicyclic) bond motifs is 1. The maximum Gasteiger partial charge on any atom is 0.226 e. The Balaban J connectivity index is 1.78. The summed E-state index contributed by atoms with van der Waals surface area (Å²) >= 11 is 0. The van der Waals surface area contributed by atoms with Crippen molar-refractivity contribution in [2.75, 3.05) is 26.2 Å². The van der Waals surface area contributed by atoms with E-state index in [4.69, 9.17) is 0 Å². The van der Waals surface area contributed by atoms with Crippen LogP contribution in [0.5, 0.6) is 0 Å². The summed E-state index contributed by atoms with van der Waals surface area (Å²) in [6.45, 7) is 7.98. The topological polar surface area (TPSA) is 49.6 Å². The smallest absolute Gasteiger partial charge is 0.226 e. The second kappa shape index (κ2) is 7.89. The number of imidazole rings is 1. The van der Waals surface area contributed by atoms with E-state index in [1.54, 1.807) is 16.7 Å². The van der Waals surface area contributed by atoms with Crippen molar-refractivity contribution in [1.29, 1.82) is 0 Å². The van der Waals surface area contributed by atoms with Crippen LogP contribution < -0.4 is 5.32 Å². The number of halogens is 1. The van der Waals surface area contributed by atoms with Gasteiger partial charge in [-0.1, -0.05) is 13.8 Å². The van der Waals surface area contributed by atoms with Gasteiger partial charge in [-0.2, -0.15) is 0 Å². The van der Waals surface area contributed by atoms with Crippen LogP contribution in [0.2, 0.25) is 0 Å². The van der Waals surface area contributed by atoms with Crippen molar-refractivity contribution >= 4 is 11.6 Å². The molecule has 2 heterocycles. The normalized spacial score (nSPS) is 11.3. The molecule has 0 spiro atoms. The fourth-order valence-electron chi connectivity index (χ4n) is 2.40. The number of hydrogen-bond donors (Lipinski definition) is 1. The Morgan fingerprint density at radius 3 is 2.82 bits per heavy atom. The number of pyridine rings is 1. The molecule has 0 aromatic carbocycles. The molecular weight excluding hydrogens is 283 g/mol. The summed E-state index contributed by atoms with van der Waals surface area (Å²) < 4.78 is 14.7. The first-order valence-electron chi connectivity index (χ1n) is 7.74. The van der Waals surface area contributed by atoms with E-state index < -0.39 is 0 Å². The standard InChI is InChI=1S/C16H23FN4O/c1-3-20(4-2)9-5-8-18-16(22)10-14-12-21-11-13(17)6-7-15(21)19-14/h6-7,11-12H,3-5,8-10H2,1-2H3,(H,18,22). The van der Waals surface area contributed by atoms with Crippen molar-refractivity contribution < 1.29 is 9.18 Å². The van der Waals surface area contributed by atoms with Gasteiger partial charge in [-0.3, -0.25) is 4.79 Å². The van der Waals surface area contributed by atoms with E-state index in [-0.39, 0.29) is 18.1 Å². The molecule has 0 aliphatic heterocycles. The van der Waals surface area contributed by atoms with E-state index in [1.165, 1.54) is 12.3 Å². The minimum atomic E-state index is -0.322. The molecule has 0 aliphatic carbocycles. The fourth-order valence-corrected chi connectivity index (χ4v) is 2.40. The van der Waals surface area contributed by atoms with Crippen LogP contribution in [0.1, 0.15) is 26.0 Å². The van der Waals surface area contributed by atoms with Crippen molar-refractivity contribution in [2.24, 2.45) is 0 Å². The number of nitrogens with one attached hydrogen (secondary N) is 1. The molecule has 0 saturated carbocycles. The third-order valence-electron chi connectivity index (χ3n) is 3.67. The molecule has 2 aromatic heterocycles. The summed E-state index contributed by atoms with van der Waals surface area (Å²) in [5.41, 5.74) is 1.29. The van der Waals surface area contributed by atoms with E-state index in [2.05, 4.69) is 29.0 Å². The van der Waals surface area contributed by atoms with Crippen LogP contribution in [0.3, 0.4) is 0 Å². The summed E-state index contributed by atoms with van der Waals surface area (Å²) in [5.74, 6) is -0.374. The number of rotatable bonds is 8. The molecule has 22 heavy (non-hydrogen) atoms. The molecule has 0 unspecified atom stereocenters. The highest BCUT2D eigenvalue weighted by atomic mass is 19.1. The van der Waals surface area contributed by atoms with Crippen LogP contribution >= 0.6 is 0 Å². The largest absolute Gasteiger partial charge is 0.356 e. The Bertz CT molecular complexity index is 622. The number of carbonyl (C=O) groups is 1. The zero-order chi connectivity index (χ0) is 15.9. The van der Waals surface area contributed by atoms with Gasteiger partial charge in [-0.15, -0.1) is 0 Å². The second-order valence-corrected chi connectivity index (χ2v) is 5.25. The molecule has 1 amide bonds. The summed E-state index contributed by atoms with van der Waals surface area (Å²) in [7, 11) is 0. The van der Waals surface area contributed by atoms with Gasteiger partial charge < -0.3 is 14.6 Å². The first-order chi connectivity index (χ1) is 10.6. The van der Waals surface area contributed by atoms with Crippen molar-refractivity contribution in [2.45, 2.75) is 26.7 Å². The van der Waals surface area contributed by atoms with Gasteiger partial charge in [0.15, 0.2) is 0 Å². The molecule has 5 nitrogen and oxygen atoms in total. The molecule has 2 aromatic rings. The van der Waals surface area contributed by atoms with Crippen LogP contribution in [-0.2, 0) is 11.2 Å². The Morgan fingerprint density at radius 2 is 2.09 bits per heavy atom. The molecular formula is C16H23FN4O. The van der Waals surface area contributed by atoms with E-state index >= 15 is 0 Å². The van der Waals surface area contributed by atoms with Crippen molar-refractivity contribution in [3.05, 3.63) is 36.0 Å². The zero-order valence-corrected chi connectivity index (χ0v) is 13.2. The maximum absolute atomic E-state index is 13.1. The van der Waals surface area contributed by atoms with Gasteiger partial charge >= 0.3 is 0 Å². The van der Waals surface area contributed by atoms with Crippen LogP contribution in [0.15, 0.2) is 24.5 Å². The van der Waals surface area contributed by atoms with Gasteiger partial charge in [-0.25, -0.2) is 9.37 Å². The second-order valence-electron chi connectivity index (χ2n) is 5.25. The maximum atomic E-state index is 13.1. The summed E-state index contributed by atoms with van der Waals surface area (Å²) in [4.78, 5) is 18.5. The summed E-state index contributed by atoms with van der Waals surface area (Å²) in [5, 5.41) is 2.90. The molecule has 120 valence electrons. The van der Waals surface area contributed by atoms with Crippen LogP contribution in [0, 0.1) is 5.82 Å². The molecule has 6 heteroatoms. The van der Waals surface area contributed by atoms with Crippen LogP contribution in [-0.4, -0.2) is 46.4 Å². The summed E-state index contributed by atoms with van der Waals surface area (Å²) in [6, 6.07) is 2.96. The zero-order valence-electron chi connectivity index (χ0n) is 13.2. The highest BCUT2D eigenvalue weighted by molar-refractivity contribution is 5.78. The minimum Gasteiger partial charge on any atom is -0.356 e. The monoisotopic (exact) mass is 306 g/mol. The number of carbonyl (C=O) groups excluding carboxylic acids is 1. The first kappa shape index (κ1) is 16.4. The average Bonchev–Trinajstić information content (AvgIpc) is 2.88. The Morgan fingerprint density at radius 1 is 1.32 bits per heavy atom. The highest BCUT2D eigenvalue weighted by Gasteiger charge is 2.08. The van der Waals surface area contributed by atoms with Crippen molar-refractivity contribution in [3.8, 4) is 0 Å². The van der Waals surface area contributed by atoms with Gasteiger partial charge in [0, 0.05) is 18.9 Å². The molecule has 1 N–H and O–H groups in total. The van der Waals surface area contributed by atoms with Gasteiger partial charge in [0.05, 0.1) is 12.1 Å². The van der Waals surface area contributed by atoms with E-state index in [0.717, 1.165) is 26.1 Å². The van der Waals surface area contributed by atoms with Gasteiger partial charge in [0.1, 0.15) is 11.5 Å². The highest BCUT2D eigenvalue weighted by Crippen LogP contribution is 2.07. The lowest BCUT2D eigenvalue weighted by molar-refractivity contribution is -0.120. The predicted octanol–water partition coefficient (Wildman–Crippen LogP) is 1.86. The molecule has 0 radical (unpaired) electrons. The van der Waals surface area contributed by atoms with Gasteiger partial charge in [0.25, 0.3) is 0 Å². The van der Waals surface area contributed by atoms with E-state index in [9.17, 15) is 9.18 Å². The fraction of sp³-hybridized carbons (Fsp3) is 0.500. The SMILES string of the molecule is CCN(CC)CCCNC(=O)Cc1cn2cc(F)ccc2n1. The van der Waals surface area contributed by atoms with Crippen molar-refractivity contribution in [1.82, 2.24) is 19.6 Å². The molecule has 0 saturated heterocycles. The van der Waals surface area contributed by atoms with Gasteiger partial charge in [-0.05, 0) is 38.2 Å². The lowest BCUT2D eigenvalue weighted by Gasteiger charge is -2.17. The Labute approximate surface area is 130 Å². The molecule has 0 atom stereocenters. The number of nitrogens with zero attached hydrogens (tertiary/aromatic N) is 3. The lowest BCUT2D eigenvalue weighted by Crippen LogP contribution is -2.30. The molecule has 0 fully saturated rings. The van der Waals surface area contributed by atoms with E-state index in [1.807, 2.05) is 0 Å². The number of amides is 1. The molecule has 0 bridgehead atoms. The molecule has 0 aliphatic rings. The first-order valence-corrected chi connectivity index (χ1v) is 7.74. The number of hydrogen-bond acceptors (Lipinski definition) is 3. The predicted molar refractivity (Wildman–Crippen MR) is 84.3 cm³/mol. The molecule has 2 rings (SSSR count). The quantitative estimate of drug-likeness (QED) is 0.757. The van der Waals surface area contributed by atoms with Gasteiger partial charge in [0.2, 0.25) is 5.91 Å². The third kappa shape index (κ3) is 4.53. The Kier molecular flexibility index (Phi) is 5.89. The average molecular weight is 306 g/mol. The minimum absolute atomic E-state index is 0.0524. The van der Waals surface area contributed by atoms with Crippen LogP contribution in [0.4, 0.5) is 4.39 Å². The van der Waals surface area contributed by atoms with Crippen molar-refractivity contribution in [3.63, 3.8) is 0 Å².